The van der Waals surface area contributed by atoms with Crippen LogP contribution in [-0.4, -0.2) is 43.8 Å². The van der Waals surface area contributed by atoms with Gasteiger partial charge >= 0.3 is 12.1 Å². The molecule has 0 heterocycles. The zero-order chi connectivity index (χ0) is 11.0. The Hall–Kier alpha value is -1.70. The number of carbonyl (C=O) groups excluding carboxylic acids is 2. The van der Waals surface area contributed by atoms with Crippen LogP contribution in [0, 0.1) is 12.3 Å². The first-order valence-electron chi connectivity index (χ1n) is 4.07. The molecule has 78 valence electrons. The Bertz CT molecular complexity index is 244. The van der Waals surface area contributed by atoms with Crippen LogP contribution >= 0.6 is 0 Å². The number of hydrogen-bond donors (Lipinski definition) is 0. The molecule has 0 saturated carbocycles. The molecule has 0 aromatic rings. The second-order valence-corrected chi connectivity index (χ2v) is 2.34. The SMILES string of the molecule is C#CCN(CC(=O)OCC)C(=O)OC. The van der Waals surface area contributed by atoms with Crippen LogP contribution in [0.15, 0.2) is 0 Å². The van der Waals surface area contributed by atoms with Gasteiger partial charge in [-0.1, -0.05) is 5.92 Å². The third kappa shape index (κ3) is 4.36. The predicted molar refractivity (Wildman–Crippen MR) is 49.4 cm³/mol. The lowest BCUT2D eigenvalue weighted by Crippen LogP contribution is -2.36. The molecule has 0 fully saturated rings. The first kappa shape index (κ1) is 12.3. The lowest BCUT2D eigenvalue weighted by molar-refractivity contribution is -0.143. The van der Waals surface area contributed by atoms with Crippen LogP contribution in [0.25, 0.3) is 0 Å². The van der Waals surface area contributed by atoms with Gasteiger partial charge in [0.05, 0.1) is 20.3 Å². The number of esters is 1. The number of hydrogen-bond acceptors (Lipinski definition) is 4. The summed E-state index contributed by atoms with van der Waals surface area (Å²) in [5.41, 5.74) is 0. The van der Waals surface area contributed by atoms with E-state index < -0.39 is 12.1 Å². The van der Waals surface area contributed by atoms with Gasteiger partial charge in [-0.2, -0.15) is 0 Å². The predicted octanol–water partition coefficient (Wildman–Crippen LogP) is 0.251. The second-order valence-electron chi connectivity index (χ2n) is 2.34. The van der Waals surface area contributed by atoms with E-state index in [1.165, 1.54) is 7.11 Å². The molecule has 5 heteroatoms. The maximum atomic E-state index is 11.0. The zero-order valence-corrected chi connectivity index (χ0v) is 8.28. The highest BCUT2D eigenvalue weighted by molar-refractivity contribution is 5.78. The third-order valence-electron chi connectivity index (χ3n) is 1.34. The van der Waals surface area contributed by atoms with E-state index in [0.717, 1.165) is 4.90 Å². The Morgan fingerprint density at radius 3 is 2.57 bits per heavy atom. The van der Waals surface area contributed by atoms with Crippen LogP contribution in [0.4, 0.5) is 4.79 Å². The monoisotopic (exact) mass is 199 g/mol. The molecule has 0 aliphatic heterocycles. The third-order valence-corrected chi connectivity index (χ3v) is 1.34. The molecule has 0 radical (unpaired) electrons. The number of ether oxygens (including phenoxy) is 2. The second kappa shape index (κ2) is 6.78. The van der Waals surface area contributed by atoms with Crippen molar-refractivity contribution in [2.24, 2.45) is 0 Å². The number of carbonyl (C=O) groups is 2. The Kier molecular flexibility index (Phi) is 5.95. The molecule has 0 atom stereocenters. The highest BCUT2D eigenvalue weighted by Crippen LogP contribution is 1.93. The molecule has 0 unspecified atom stereocenters. The van der Waals surface area contributed by atoms with Crippen molar-refractivity contribution in [1.29, 1.82) is 0 Å². The van der Waals surface area contributed by atoms with Crippen LogP contribution in [-0.2, 0) is 14.3 Å². The van der Waals surface area contributed by atoms with E-state index in [2.05, 4.69) is 15.4 Å². The molecule has 14 heavy (non-hydrogen) atoms. The lowest BCUT2D eigenvalue weighted by Gasteiger charge is -2.16. The summed E-state index contributed by atoms with van der Waals surface area (Å²) in [6.07, 6.45) is 4.38. The van der Waals surface area contributed by atoms with E-state index in [4.69, 9.17) is 6.42 Å². The molecular weight excluding hydrogens is 186 g/mol. The van der Waals surface area contributed by atoms with E-state index in [9.17, 15) is 9.59 Å². The molecule has 0 aliphatic rings. The standard InChI is InChI=1S/C9H13NO4/c1-4-6-10(9(12)13-3)7-8(11)14-5-2/h1H,5-7H2,2-3H3. The number of methoxy groups -OCH3 is 1. The van der Waals surface area contributed by atoms with Crippen molar-refractivity contribution in [1.82, 2.24) is 4.90 Å². The highest BCUT2D eigenvalue weighted by atomic mass is 16.5. The van der Waals surface area contributed by atoms with E-state index in [0.29, 0.717) is 0 Å². The molecule has 0 aromatic heterocycles. The van der Waals surface area contributed by atoms with Gasteiger partial charge in [0.15, 0.2) is 0 Å². The van der Waals surface area contributed by atoms with Crippen LogP contribution in [0.2, 0.25) is 0 Å². The van der Waals surface area contributed by atoms with Crippen molar-refractivity contribution in [3.63, 3.8) is 0 Å². The highest BCUT2D eigenvalue weighted by Gasteiger charge is 2.16. The molecule has 0 spiro atoms. The van der Waals surface area contributed by atoms with Crippen LogP contribution in [0.1, 0.15) is 6.92 Å². The Balaban J connectivity index is 4.16. The largest absolute Gasteiger partial charge is 0.465 e. The van der Waals surface area contributed by atoms with E-state index in [-0.39, 0.29) is 19.7 Å². The number of amides is 1. The Morgan fingerprint density at radius 2 is 2.14 bits per heavy atom. The van der Waals surface area contributed by atoms with Gasteiger partial charge in [0.2, 0.25) is 0 Å². The van der Waals surface area contributed by atoms with Gasteiger partial charge in [0.1, 0.15) is 6.54 Å². The molecule has 0 N–H and O–H groups in total. The fraction of sp³-hybridized carbons (Fsp3) is 0.556. The fourth-order valence-corrected chi connectivity index (χ4v) is 0.787. The van der Waals surface area contributed by atoms with E-state index in [1.54, 1.807) is 6.92 Å². The smallest absolute Gasteiger partial charge is 0.410 e. The number of terminal acetylenes is 1. The van der Waals surface area contributed by atoms with E-state index in [1.807, 2.05) is 0 Å². The lowest BCUT2D eigenvalue weighted by atomic mass is 10.5. The van der Waals surface area contributed by atoms with Gasteiger partial charge in [0.25, 0.3) is 0 Å². The van der Waals surface area contributed by atoms with Gasteiger partial charge in [-0.25, -0.2) is 4.79 Å². The summed E-state index contributed by atoms with van der Waals surface area (Å²) >= 11 is 0. The summed E-state index contributed by atoms with van der Waals surface area (Å²) in [5, 5.41) is 0. The molecule has 0 rings (SSSR count). The molecule has 0 aromatic carbocycles. The van der Waals surface area contributed by atoms with Gasteiger partial charge in [-0.3, -0.25) is 9.69 Å². The number of nitrogens with zero attached hydrogens (tertiary/aromatic N) is 1. The average Bonchev–Trinajstić information content (AvgIpc) is 2.16. The normalized spacial score (nSPS) is 8.64. The van der Waals surface area contributed by atoms with Gasteiger partial charge in [0, 0.05) is 0 Å². The maximum Gasteiger partial charge on any atom is 0.410 e. The van der Waals surface area contributed by atoms with Gasteiger partial charge < -0.3 is 9.47 Å². The van der Waals surface area contributed by atoms with Crippen molar-refractivity contribution in [3.8, 4) is 12.3 Å². The summed E-state index contributed by atoms with van der Waals surface area (Å²) in [7, 11) is 1.22. The summed E-state index contributed by atoms with van der Waals surface area (Å²) in [5.74, 6) is 1.74. The summed E-state index contributed by atoms with van der Waals surface area (Å²) in [4.78, 5) is 23.1. The van der Waals surface area contributed by atoms with E-state index >= 15 is 0 Å². The molecule has 0 saturated heterocycles. The molecular formula is C9H13NO4. The minimum absolute atomic E-state index is 0.0193. The minimum Gasteiger partial charge on any atom is -0.465 e. The van der Waals surface area contributed by atoms with Gasteiger partial charge in [-0.05, 0) is 6.92 Å². The minimum atomic E-state index is -0.643. The summed E-state index contributed by atoms with van der Waals surface area (Å²) in [6, 6.07) is 0. The van der Waals surface area contributed by atoms with Crippen molar-refractivity contribution < 1.29 is 19.1 Å². The molecule has 5 nitrogen and oxygen atoms in total. The van der Waals surface area contributed by atoms with Crippen molar-refractivity contribution in [2.75, 3.05) is 26.8 Å². The molecule has 0 aliphatic carbocycles. The van der Waals surface area contributed by atoms with Crippen molar-refractivity contribution in [2.45, 2.75) is 6.92 Å². The average molecular weight is 199 g/mol. The first-order chi connectivity index (χ1) is 6.65. The first-order valence-corrected chi connectivity index (χ1v) is 4.07. The maximum absolute atomic E-state index is 11.0. The number of rotatable bonds is 4. The zero-order valence-electron chi connectivity index (χ0n) is 8.28. The van der Waals surface area contributed by atoms with Crippen molar-refractivity contribution in [3.05, 3.63) is 0 Å². The summed E-state index contributed by atoms with van der Waals surface area (Å²) < 4.78 is 9.08. The van der Waals surface area contributed by atoms with Gasteiger partial charge in [-0.15, -0.1) is 6.42 Å². The Morgan fingerprint density at radius 1 is 1.50 bits per heavy atom. The fourth-order valence-electron chi connectivity index (χ4n) is 0.787. The molecule has 1 amide bonds. The topological polar surface area (TPSA) is 55.8 Å². The Labute approximate surface area is 83.0 Å². The van der Waals surface area contributed by atoms with Crippen LogP contribution < -0.4 is 0 Å². The van der Waals surface area contributed by atoms with Crippen LogP contribution in [0.3, 0.4) is 0 Å². The quantitative estimate of drug-likeness (QED) is 0.481. The summed E-state index contributed by atoms with van der Waals surface area (Å²) in [6.45, 7) is 1.78. The van der Waals surface area contributed by atoms with Crippen LogP contribution in [0.5, 0.6) is 0 Å². The molecule has 0 bridgehead atoms. The van der Waals surface area contributed by atoms with Crippen molar-refractivity contribution >= 4 is 12.1 Å².